The molecule has 0 aliphatic carbocycles. The van der Waals surface area contributed by atoms with E-state index in [4.69, 9.17) is 0 Å². The molecule has 0 bridgehead atoms. The minimum absolute atomic E-state index is 1.11. The minimum atomic E-state index is -1.11. The summed E-state index contributed by atoms with van der Waals surface area (Å²) in [4.78, 5) is 0. The molecule has 0 saturated carbocycles. The molecule has 68 valence electrons. The average molecular weight is 191 g/mol. The Balaban J connectivity index is 4.43. The van der Waals surface area contributed by atoms with E-state index in [9.17, 15) is 0 Å². The van der Waals surface area contributed by atoms with Crippen molar-refractivity contribution in [2.75, 3.05) is 6.61 Å². The molecule has 11 heavy (non-hydrogen) atoms. The lowest BCUT2D eigenvalue weighted by molar-refractivity contribution is 0.168. The van der Waals surface area contributed by atoms with E-state index in [1.807, 2.05) is 0 Å². The Kier molecular flexibility index (Phi) is 3.53. The summed E-state index contributed by atoms with van der Waals surface area (Å²) in [5, 5.41) is 0. The van der Waals surface area contributed by atoms with Gasteiger partial charge in [-0.25, -0.2) is 0 Å². The summed E-state index contributed by atoms with van der Waals surface area (Å²) >= 11 is 0. The van der Waals surface area contributed by atoms with Crippen LogP contribution < -0.4 is 0 Å². The summed E-state index contributed by atoms with van der Waals surface area (Å²) in [7, 11) is -2.22. The fraction of sp³-hybridized carbons (Fsp3) is 1.00. The molecule has 0 aliphatic rings. The Hall–Kier alpha value is 0.394. The van der Waals surface area contributed by atoms with Crippen molar-refractivity contribution in [1.82, 2.24) is 0 Å². The third kappa shape index (κ3) is 3.53. The molecule has 0 aromatic rings. The van der Waals surface area contributed by atoms with Gasteiger partial charge in [0.05, 0.1) is 6.61 Å². The first-order valence-corrected chi connectivity index (χ1v) is 11.2. The molecule has 0 radical (unpaired) electrons. The highest BCUT2D eigenvalue weighted by Crippen LogP contribution is 2.24. The molecule has 0 spiro atoms. The van der Waals surface area contributed by atoms with Gasteiger partial charge >= 0.3 is 16.6 Å². The second kappa shape index (κ2) is 3.41. The van der Waals surface area contributed by atoms with Gasteiger partial charge in [0.25, 0.3) is 0 Å². The maximum absolute atomic E-state index is 3.62. The van der Waals surface area contributed by atoms with Gasteiger partial charge in [-0.15, -0.1) is 0 Å². The SMILES string of the molecule is CC[O+]([Si](C)(C)C)[Si](C)(C)C. The van der Waals surface area contributed by atoms with E-state index in [-0.39, 0.29) is 0 Å². The van der Waals surface area contributed by atoms with Gasteiger partial charge in [-0.1, -0.05) is 0 Å². The minimum Gasteiger partial charge on any atom is -0.620 e. The molecule has 0 aromatic carbocycles. The van der Waals surface area contributed by atoms with E-state index in [2.05, 4.69) is 50.0 Å². The van der Waals surface area contributed by atoms with Crippen molar-refractivity contribution in [3.05, 3.63) is 0 Å². The van der Waals surface area contributed by atoms with Crippen molar-refractivity contribution in [2.24, 2.45) is 0 Å². The van der Waals surface area contributed by atoms with Gasteiger partial charge in [0.15, 0.2) is 0 Å². The lowest BCUT2D eigenvalue weighted by Crippen LogP contribution is -2.51. The first-order valence-electron chi connectivity index (χ1n) is 4.40. The van der Waals surface area contributed by atoms with Gasteiger partial charge in [0, 0.05) is 46.2 Å². The van der Waals surface area contributed by atoms with Crippen LogP contribution in [-0.2, 0) is 3.75 Å². The Morgan fingerprint density at radius 1 is 0.818 bits per heavy atom. The van der Waals surface area contributed by atoms with Crippen molar-refractivity contribution in [3.63, 3.8) is 0 Å². The zero-order valence-corrected chi connectivity index (χ0v) is 11.1. The lowest BCUT2D eigenvalue weighted by atomic mass is 10.9. The van der Waals surface area contributed by atoms with E-state index in [1.54, 1.807) is 0 Å². The molecule has 1 nitrogen and oxygen atoms in total. The van der Waals surface area contributed by atoms with Crippen LogP contribution in [-0.4, -0.2) is 23.2 Å². The van der Waals surface area contributed by atoms with Crippen molar-refractivity contribution in [2.45, 2.75) is 46.2 Å². The highest BCUT2D eigenvalue weighted by Gasteiger charge is 2.41. The highest BCUT2D eigenvalue weighted by atomic mass is 28.4. The zero-order valence-electron chi connectivity index (χ0n) is 9.12. The van der Waals surface area contributed by atoms with Crippen LogP contribution in [0.3, 0.4) is 0 Å². The summed E-state index contributed by atoms with van der Waals surface area (Å²) in [5.74, 6) is 0. The molecule has 3 heteroatoms. The zero-order chi connectivity index (χ0) is 9.28. The van der Waals surface area contributed by atoms with Crippen LogP contribution in [0, 0.1) is 0 Å². The molecule has 0 heterocycles. The van der Waals surface area contributed by atoms with Gasteiger partial charge in [0.2, 0.25) is 0 Å². The maximum atomic E-state index is 3.62. The predicted molar refractivity (Wildman–Crippen MR) is 58.3 cm³/mol. The quantitative estimate of drug-likeness (QED) is 0.476. The van der Waals surface area contributed by atoms with Crippen LogP contribution in [0.2, 0.25) is 39.3 Å². The van der Waals surface area contributed by atoms with E-state index < -0.39 is 16.6 Å². The number of hydrogen-bond donors (Lipinski definition) is 0. The van der Waals surface area contributed by atoms with E-state index >= 15 is 0 Å². The summed E-state index contributed by atoms with van der Waals surface area (Å²) in [6.07, 6.45) is 0. The van der Waals surface area contributed by atoms with Crippen LogP contribution in [0.5, 0.6) is 0 Å². The second-order valence-corrected chi connectivity index (χ2v) is 14.7. The summed E-state index contributed by atoms with van der Waals surface area (Å²) in [6, 6.07) is 0. The Bertz CT molecular complexity index is 107. The van der Waals surface area contributed by atoms with E-state index in [1.165, 1.54) is 0 Å². The molecule has 0 aromatic heterocycles. The van der Waals surface area contributed by atoms with E-state index in [0.29, 0.717) is 0 Å². The highest BCUT2D eigenvalue weighted by molar-refractivity contribution is 6.84. The third-order valence-corrected chi connectivity index (χ3v) is 8.98. The van der Waals surface area contributed by atoms with Crippen molar-refractivity contribution < 1.29 is 3.75 Å². The van der Waals surface area contributed by atoms with Crippen LogP contribution in [0.15, 0.2) is 0 Å². The topological polar surface area (TPSA) is 2.70 Å². The fourth-order valence-corrected chi connectivity index (χ4v) is 10.9. The normalized spacial score (nSPS) is 14.2. The van der Waals surface area contributed by atoms with Crippen LogP contribution in [0.1, 0.15) is 6.92 Å². The molecule has 0 atom stereocenters. The second-order valence-electron chi connectivity index (χ2n) is 4.90. The molecule has 0 N–H and O–H groups in total. The molecular formula is C8H23OSi2+. The third-order valence-electron chi connectivity index (χ3n) is 1.77. The number of rotatable bonds is 3. The first-order chi connectivity index (χ1) is 4.69. The summed E-state index contributed by atoms with van der Waals surface area (Å²) in [6.45, 7) is 17.8. The lowest BCUT2D eigenvalue weighted by Gasteiger charge is -2.41. The predicted octanol–water partition coefficient (Wildman–Crippen LogP) is 3.23. The van der Waals surface area contributed by atoms with Crippen LogP contribution in [0.25, 0.3) is 0 Å². The van der Waals surface area contributed by atoms with E-state index in [0.717, 1.165) is 6.61 Å². The van der Waals surface area contributed by atoms with Gasteiger partial charge in [-0.3, -0.25) is 0 Å². The van der Waals surface area contributed by atoms with Gasteiger partial charge in [-0.2, -0.15) is 0 Å². The van der Waals surface area contributed by atoms with Crippen LogP contribution >= 0.6 is 0 Å². The fourth-order valence-electron chi connectivity index (χ4n) is 1.78. The average Bonchev–Trinajstić information content (AvgIpc) is 1.56. The standard InChI is InChI=1S/C8H23OSi2/c1-8-9(10(2,3)4)11(5,6)7/h8H2,1-7H3/q+1. The van der Waals surface area contributed by atoms with Crippen molar-refractivity contribution in [1.29, 1.82) is 0 Å². The molecule has 0 fully saturated rings. The summed E-state index contributed by atoms with van der Waals surface area (Å²) < 4.78 is 3.62. The largest absolute Gasteiger partial charge is 0.620 e. The van der Waals surface area contributed by atoms with Gasteiger partial charge in [-0.05, 0) is 0 Å². The van der Waals surface area contributed by atoms with Crippen molar-refractivity contribution >= 4 is 16.6 Å². The smallest absolute Gasteiger partial charge is 0.353 e. The first kappa shape index (κ1) is 11.4. The Labute approximate surface area is 73.7 Å². The molecule has 0 rings (SSSR count). The summed E-state index contributed by atoms with van der Waals surface area (Å²) in [5.41, 5.74) is 0. The molecule has 0 unspecified atom stereocenters. The molecule has 0 aliphatic heterocycles. The molecule has 0 amide bonds. The van der Waals surface area contributed by atoms with Crippen LogP contribution in [0.4, 0.5) is 0 Å². The molecule has 0 saturated heterocycles. The maximum Gasteiger partial charge on any atom is 0.353 e. The van der Waals surface area contributed by atoms with Gasteiger partial charge < -0.3 is 3.75 Å². The number of hydrogen-bond acceptors (Lipinski definition) is 0. The van der Waals surface area contributed by atoms with Gasteiger partial charge in [0.1, 0.15) is 0 Å². The Morgan fingerprint density at radius 2 is 1.09 bits per heavy atom. The Morgan fingerprint density at radius 3 is 1.09 bits per heavy atom. The monoisotopic (exact) mass is 191 g/mol. The van der Waals surface area contributed by atoms with Crippen molar-refractivity contribution in [3.8, 4) is 0 Å². The molecular weight excluding hydrogens is 168 g/mol.